The molecule has 7 aromatic rings. The van der Waals surface area contributed by atoms with Crippen molar-refractivity contribution >= 4 is 22.1 Å². The van der Waals surface area contributed by atoms with Gasteiger partial charge >= 0.3 is 0 Å². The zero-order valence-corrected chi connectivity index (χ0v) is 31.6. The third kappa shape index (κ3) is 9.47. The van der Waals surface area contributed by atoms with Crippen molar-refractivity contribution in [1.82, 2.24) is 15.0 Å². The summed E-state index contributed by atoms with van der Waals surface area (Å²) in [7, 11) is 0. The van der Waals surface area contributed by atoms with Gasteiger partial charge in [-0.1, -0.05) is 102 Å². The second-order valence-electron chi connectivity index (χ2n) is 13.9. The zero-order valence-electron chi connectivity index (χ0n) is 44.2. The molecular formula is C46H47IrN3O-2. The van der Waals surface area contributed by atoms with E-state index in [9.17, 15) is 0 Å². The van der Waals surface area contributed by atoms with Gasteiger partial charge in [-0.3, -0.25) is 0 Å². The Hall–Kier alpha value is -4.44. The number of hydrogen-bond acceptors (Lipinski definition) is 4. The number of pyridine rings is 3. The molecule has 0 aliphatic heterocycles. The van der Waals surface area contributed by atoms with E-state index in [-0.39, 0.29) is 77.1 Å². The average molecular weight is 865 g/mol. The van der Waals surface area contributed by atoms with Gasteiger partial charge in [-0.2, -0.15) is 0 Å². The van der Waals surface area contributed by atoms with Gasteiger partial charge < -0.3 is 14.4 Å². The van der Waals surface area contributed by atoms with Crippen LogP contribution in [0.3, 0.4) is 0 Å². The van der Waals surface area contributed by atoms with Crippen molar-refractivity contribution in [2.45, 2.75) is 74.8 Å². The van der Waals surface area contributed by atoms with E-state index in [0.717, 1.165) is 0 Å². The van der Waals surface area contributed by atoms with E-state index in [1.165, 1.54) is 42.7 Å². The number of nitrogens with zero attached hydrogens (tertiary/aromatic N) is 3. The monoisotopic (exact) mass is 865 g/mol. The first kappa shape index (κ1) is 22.5. The van der Waals surface area contributed by atoms with E-state index in [1.54, 1.807) is 63.2 Å². The van der Waals surface area contributed by atoms with Gasteiger partial charge in [-0.25, -0.2) is 4.98 Å². The van der Waals surface area contributed by atoms with Crippen LogP contribution in [-0.2, 0) is 32.9 Å². The summed E-state index contributed by atoms with van der Waals surface area (Å²) in [6.07, 6.45) is -0.634. The fourth-order valence-electron chi connectivity index (χ4n) is 5.30. The first-order chi connectivity index (χ1) is 29.7. The Kier molecular flexibility index (Phi) is 6.80. The summed E-state index contributed by atoms with van der Waals surface area (Å²) >= 11 is 0. The molecule has 0 unspecified atom stereocenters. The Balaban J connectivity index is 0.000000289. The molecule has 0 aliphatic rings. The van der Waals surface area contributed by atoms with Crippen molar-refractivity contribution < 1.29 is 45.1 Å². The summed E-state index contributed by atoms with van der Waals surface area (Å²) in [5, 5.41) is 1.21. The van der Waals surface area contributed by atoms with E-state index >= 15 is 0 Å². The summed E-state index contributed by atoms with van der Waals surface area (Å²) in [6.45, 7) is 3.54. The van der Waals surface area contributed by atoms with E-state index in [4.69, 9.17) is 25.0 Å². The standard InChI is InChI=1S/C29H27N2O.C17H20N.Ir/c1-18-17-30-26(15-25(18)21-12-10-20(11-13-21)16-29(3,4)5)24-8-6-7-22-23-14-9-19(2)31-28(23)32-27(22)24;1-13-5-8-15(9-6-13)16-10-7-14(12-18-16)11-17(2,3)4;/h6-7,9-15,17H,16H2,1-5H3;5-8,10,12H,11H2,1-4H3;/q2*-1;/i1D3,2D3,12D,13D,16D2;1D3,11D2;. The molecule has 4 nitrogen and oxygen atoms in total. The fraction of sp³-hybridized carbons (Fsp3) is 0.283. The smallest absolute Gasteiger partial charge is 0.216 e. The average Bonchev–Trinajstić information content (AvgIpc) is 3.57. The second-order valence-corrected chi connectivity index (χ2v) is 13.9. The van der Waals surface area contributed by atoms with Gasteiger partial charge in [0.15, 0.2) is 0 Å². The molecule has 0 saturated heterocycles. The summed E-state index contributed by atoms with van der Waals surface area (Å²) < 4.78 is 127. The SMILES string of the molecule is [2H]C([2H])([2H])c1c[c-]c(-c2ccc(C([2H])([2H])C(C)(C)C)cn2)cc1.[2H]c1cc(C([2H])([2H])C(C)(C)C)cc([2H])c1-c1cc(-c2[c-]ccc3c2oc2nc(C([2H])([2H])[2H])ccc23)ncc1C([2H])([2H])[2H].[Ir]. The largest absolute Gasteiger partial charge is 0.486 e. The van der Waals surface area contributed by atoms with Gasteiger partial charge in [0.1, 0.15) is 0 Å². The molecule has 3 aromatic carbocycles. The Bertz CT molecular complexity index is 2850. The molecule has 0 bridgehead atoms. The molecular weight excluding hydrogens is 803 g/mol. The molecule has 263 valence electrons. The molecule has 4 heterocycles. The minimum absolute atomic E-state index is 0. The predicted molar refractivity (Wildman–Crippen MR) is 208 cm³/mol. The normalized spacial score (nSPS) is 17.3. The maximum absolute atomic E-state index is 8.75. The molecule has 0 N–H and O–H groups in total. The number of aromatic nitrogens is 3. The van der Waals surface area contributed by atoms with Gasteiger partial charge in [0.05, 0.1) is 8.32 Å². The first-order valence-electron chi connectivity index (χ1n) is 23.6. The van der Waals surface area contributed by atoms with E-state index < -0.39 is 44.1 Å². The fourth-order valence-corrected chi connectivity index (χ4v) is 5.30. The van der Waals surface area contributed by atoms with E-state index in [1.807, 2.05) is 20.8 Å². The molecule has 0 fully saturated rings. The molecule has 7 rings (SSSR count). The van der Waals surface area contributed by atoms with Crippen molar-refractivity contribution in [3.8, 4) is 33.6 Å². The van der Waals surface area contributed by atoms with Crippen molar-refractivity contribution in [2.75, 3.05) is 0 Å². The topological polar surface area (TPSA) is 51.8 Å². The Morgan fingerprint density at radius 3 is 2.18 bits per heavy atom. The van der Waals surface area contributed by atoms with Crippen molar-refractivity contribution in [3.05, 3.63) is 137 Å². The van der Waals surface area contributed by atoms with Crippen LogP contribution in [0.4, 0.5) is 0 Å². The Morgan fingerprint density at radius 2 is 1.53 bits per heavy atom. The van der Waals surface area contributed by atoms with Crippen molar-refractivity contribution in [2.24, 2.45) is 10.8 Å². The predicted octanol–water partition coefficient (Wildman–Crippen LogP) is 12.2. The van der Waals surface area contributed by atoms with Crippen LogP contribution in [0.5, 0.6) is 0 Å². The molecule has 1 radical (unpaired) electrons. The number of hydrogen-bond donors (Lipinski definition) is 0. The number of benzene rings is 3. The van der Waals surface area contributed by atoms with E-state index in [2.05, 4.69) is 27.1 Å². The number of fused-ring (bicyclic) bond motifs is 3. The van der Waals surface area contributed by atoms with Crippen LogP contribution in [-0.4, -0.2) is 15.0 Å². The third-order valence-corrected chi connectivity index (χ3v) is 7.36. The molecule has 0 saturated carbocycles. The maximum Gasteiger partial charge on any atom is 0.216 e. The molecule has 0 atom stereocenters. The molecule has 4 aromatic heterocycles. The third-order valence-electron chi connectivity index (χ3n) is 7.36. The van der Waals surface area contributed by atoms with Crippen molar-refractivity contribution in [3.63, 3.8) is 0 Å². The number of aryl methyl sites for hydroxylation is 3. The van der Waals surface area contributed by atoms with Crippen LogP contribution in [0.1, 0.15) is 90.1 Å². The van der Waals surface area contributed by atoms with Gasteiger partial charge in [0.2, 0.25) is 5.71 Å². The van der Waals surface area contributed by atoms with Gasteiger partial charge in [-0.15, -0.1) is 53.6 Å². The minimum atomic E-state index is -2.62. The van der Waals surface area contributed by atoms with Crippen LogP contribution in [0, 0.1) is 43.5 Å². The van der Waals surface area contributed by atoms with Crippen LogP contribution in [0.25, 0.3) is 55.7 Å². The van der Waals surface area contributed by atoms with Gasteiger partial charge in [-0.05, 0) is 88.6 Å². The van der Waals surface area contributed by atoms with Gasteiger partial charge in [0, 0.05) is 61.4 Å². The molecule has 5 heteroatoms. The van der Waals surface area contributed by atoms with Crippen LogP contribution >= 0.6 is 0 Å². The summed E-state index contributed by atoms with van der Waals surface area (Å²) in [5.74, 6) is 0. The van der Waals surface area contributed by atoms with Crippen molar-refractivity contribution in [1.29, 1.82) is 0 Å². The Morgan fingerprint density at radius 1 is 0.765 bits per heavy atom. The van der Waals surface area contributed by atoms with Crippen LogP contribution in [0.15, 0.2) is 102 Å². The van der Waals surface area contributed by atoms with Gasteiger partial charge in [0.25, 0.3) is 0 Å². The number of furan rings is 1. The second kappa shape index (κ2) is 15.4. The van der Waals surface area contributed by atoms with Crippen LogP contribution in [0.2, 0.25) is 0 Å². The zero-order chi connectivity index (χ0) is 48.5. The molecule has 0 amide bonds. The molecule has 0 spiro atoms. The summed E-state index contributed by atoms with van der Waals surface area (Å²) in [4.78, 5) is 12.9. The van der Waals surface area contributed by atoms with E-state index in [0.29, 0.717) is 38.7 Å². The summed E-state index contributed by atoms with van der Waals surface area (Å²) in [6, 6.07) is 24.3. The quantitative estimate of drug-likeness (QED) is 0.162. The van der Waals surface area contributed by atoms with Crippen LogP contribution < -0.4 is 0 Å². The minimum Gasteiger partial charge on any atom is -0.486 e. The maximum atomic E-state index is 8.75. The first-order valence-corrected chi connectivity index (χ1v) is 16.1. The summed E-state index contributed by atoms with van der Waals surface area (Å²) in [5.41, 5.74) is 1.75. The number of rotatable bonds is 5. The molecule has 0 aliphatic carbocycles. The Labute approximate surface area is 338 Å². The molecule has 51 heavy (non-hydrogen) atoms.